The number of carbonyl (C=O) groups excluding carboxylic acids is 1. The minimum Gasteiger partial charge on any atom is -0.377 e. The van der Waals surface area contributed by atoms with Gasteiger partial charge in [-0.15, -0.1) is 0 Å². The molecular weight excluding hydrogens is 545 g/mol. The number of morpholine rings is 1. The van der Waals surface area contributed by atoms with Gasteiger partial charge in [0.15, 0.2) is 15.7 Å². The van der Waals surface area contributed by atoms with Crippen LogP contribution in [0.5, 0.6) is 0 Å². The Hall–Kier alpha value is -3.28. The number of amides is 2. The highest BCUT2D eigenvalue weighted by Crippen LogP contribution is 2.56. The highest BCUT2D eigenvalue weighted by Gasteiger charge is 2.58. The van der Waals surface area contributed by atoms with Crippen LogP contribution < -0.4 is 15.5 Å². The fraction of sp³-hybridized carbons (Fsp3) is 0.370. The second-order valence-corrected chi connectivity index (χ2v) is 12.3. The van der Waals surface area contributed by atoms with Crippen LogP contribution in [0.15, 0.2) is 59.5 Å². The SMILES string of the molecule is C[C@H]1COCCN1c1cc(C2(S(=O)(=O)c3ccccc3Cl)CC2)nc(-c2ccc(NC(=O)NCCF)cc2)n1. The van der Waals surface area contributed by atoms with Crippen molar-refractivity contribution in [1.29, 1.82) is 0 Å². The third kappa shape index (κ3) is 5.43. The average Bonchev–Trinajstić information content (AvgIpc) is 3.76. The van der Waals surface area contributed by atoms with Crippen molar-refractivity contribution in [3.05, 3.63) is 65.3 Å². The molecule has 2 aromatic carbocycles. The van der Waals surface area contributed by atoms with Crippen molar-refractivity contribution in [2.75, 3.05) is 43.2 Å². The molecule has 12 heteroatoms. The molecule has 0 unspecified atom stereocenters. The molecule has 0 spiro atoms. The molecule has 2 N–H and O–H groups in total. The van der Waals surface area contributed by atoms with Gasteiger partial charge in [-0.3, -0.25) is 0 Å². The fourth-order valence-corrected chi connectivity index (χ4v) is 7.16. The molecule has 0 bridgehead atoms. The van der Waals surface area contributed by atoms with E-state index in [0.717, 1.165) is 0 Å². The molecule has 1 aliphatic heterocycles. The van der Waals surface area contributed by atoms with Gasteiger partial charge < -0.3 is 20.3 Å². The Balaban J connectivity index is 1.54. The van der Waals surface area contributed by atoms with Gasteiger partial charge >= 0.3 is 6.03 Å². The smallest absolute Gasteiger partial charge is 0.319 e. The Morgan fingerprint density at radius 1 is 1.18 bits per heavy atom. The lowest BCUT2D eigenvalue weighted by molar-refractivity contribution is 0.0985. The summed E-state index contributed by atoms with van der Waals surface area (Å²) in [6.45, 7) is 2.97. The molecule has 0 radical (unpaired) electrons. The molecule has 1 aliphatic carbocycles. The van der Waals surface area contributed by atoms with Gasteiger partial charge in [0.05, 0.1) is 34.9 Å². The van der Waals surface area contributed by atoms with Crippen molar-refractivity contribution >= 4 is 39.0 Å². The Labute approximate surface area is 231 Å². The van der Waals surface area contributed by atoms with E-state index < -0.39 is 27.3 Å². The standard InChI is InChI=1S/C27H29ClFN5O4S/c1-18-17-38-15-14-34(18)24-16-23(27(10-11-27)39(36,37)22-5-3-2-4-21(22)28)32-25(33-24)19-6-8-20(9-7-19)31-26(35)30-13-12-29/h2-9,16,18H,10-15,17H2,1H3,(H2,30,31,35)/t18-/m0/s1. The van der Waals surface area contributed by atoms with Crippen molar-refractivity contribution in [1.82, 2.24) is 15.3 Å². The summed E-state index contributed by atoms with van der Waals surface area (Å²) < 4.78 is 44.5. The fourth-order valence-electron chi connectivity index (χ4n) is 4.70. The number of hydrogen-bond donors (Lipinski definition) is 2. The molecule has 1 saturated heterocycles. The van der Waals surface area contributed by atoms with Gasteiger partial charge in [-0.25, -0.2) is 27.6 Å². The molecule has 3 aromatic rings. The maximum absolute atomic E-state index is 13.9. The highest BCUT2D eigenvalue weighted by atomic mass is 35.5. The molecule has 1 atom stereocenters. The Kier molecular flexibility index (Phi) is 7.75. The quantitative estimate of drug-likeness (QED) is 0.405. The molecule has 5 rings (SSSR count). The van der Waals surface area contributed by atoms with Crippen LogP contribution in [-0.4, -0.2) is 63.4 Å². The lowest BCUT2D eigenvalue weighted by Gasteiger charge is -2.34. The Morgan fingerprint density at radius 2 is 1.92 bits per heavy atom. The Morgan fingerprint density at radius 3 is 2.59 bits per heavy atom. The molecule has 2 fully saturated rings. The first-order valence-corrected chi connectivity index (χ1v) is 14.6. The number of anilines is 2. The van der Waals surface area contributed by atoms with Crippen molar-refractivity contribution < 1.29 is 22.3 Å². The maximum atomic E-state index is 13.9. The van der Waals surface area contributed by atoms with Crippen LogP contribution in [-0.2, 0) is 19.3 Å². The number of benzene rings is 2. The number of nitrogens with zero attached hydrogens (tertiary/aromatic N) is 3. The zero-order valence-electron chi connectivity index (χ0n) is 21.4. The summed E-state index contributed by atoms with van der Waals surface area (Å²) in [6.07, 6.45) is 0.845. The lowest BCUT2D eigenvalue weighted by Crippen LogP contribution is -2.44. The largest absolute Gasteiger partial charge is 0.377 e. The molecular formula is C27H29ClFN5O4S. The van der Waals surface area contributed by atoms with E-state index in [1.807, 2.05) is 6.92 Å². The minimum absolute atomic E-state index is 0.0408. The summed E-state index contributed by atoms with van der Waals surface area (Å²) >= 11 is 6.32. The van der Waals surface area contributed by atoms with Crippen molar-refractivity contribution in [2.24, 2.45) is 0 Å². The van der Waals surface area contributed by atoms with Crippen LogP contribution in [0.4, 0.5) is 20.7 Å². The van der Waals surface area contributed by atoms with Crippen LogP contribution in [0.3, 0.4) is 0 Å². The zero-order chi connectivity index (χ0) is 27.6. The van der Waals surface area contributed by atoms with E-state index in [4.69, 9.17) is 26.3 Å². The van der Waals surface area contributed by atoms with Gasteiger partial charge in [0, 0.05) is 30.4 Å². The highest BCUT2D eigenvalue weighted by molar-refractivity contribution is 7.92. The normalized spacial score (nSPS) is 18.4. The van der Waals surface area contributed by atoms with Crippen LogP contribution in [0.1, 0.15) is 25.5 Å². The number of nitrogens with one attached hydrogen (secondary N) is 2. The first-order chi connectivity index (χ1) is 18.7. The average molecular weight is 574 g/mol. The maximum Gasteiger partial charge on any atom is 0.319 e. The van der Waals surface area contributed by atoms with Gasteiger partial charge in [0.25, 0.3) is 0 Å². The van der Waals surface area contributed by atoms with E-state index in [2.05, 4.69) is 15.5 Å². The third-order valence-electron chi connectivity index (χ3n) is 6.97. The predicted octanol–water partition coefficient (Wildman–Crippen LogP) is 4.58. The van der Waals surface area contributed by atoms with Crippen LogP contribution in [0.25, 0.3) is 11.4 Å². The van der Waals surface area contributed by atoms with E-state index in [1.165, 1.54) is 6.07 Å². The topological polar surface area (TPSA) is 114 Å². The number of carbonyl (C=O) groups is 1. The number of rotatable bonds is 8. The summed E-state index contributed by atoms with van der Waals surface area (Å²) in [6, 6.07) is 14.6. The molecule has 2 heterocycles. The summed E-state index contributed by atoms with van der Waals surface area (Å²) in [7, 11) is -3.85. The summed E-state index contributed by atoms with van der Waals surface area (Å²) in [5.74, 6) is 0.995. The molecule has 2 aliphatic rings. The summed E-state index contributed by atoms with van der Waals surface area (Å²) in [4.78, 5) is 23.7. The van der Waals surface area contributed by atoms with E-state index in [9.17, 15) is 17.6 Å². The summed E-state index contributed by atoms with van der Waals surface area (Å²) in [5.41, 5.74) is 1.59. The number of alkyl halides is 1. The molecule has 1 saturated carbocycles. The second-order valence-electron chi connectivity index (χ2n) is 9.63. The van der Waals surface area contributed by atoms with Gasteiger partial charge in [-0.1, -0.05) is 23.7 Å². The van der Waals surface area contributed by atoms with Gasteiger partial charge in [-0.05, 0) is 56.2 Å². The third-order valence-corrected chi connectivity index (χ3v) is 9.99. The zero-order valence-corrected chi connectivity index (χ0v) is 22.9. The van der Waals surface area contributed by atoms with E-state index in [0.29, 0.717) is 61.2 Å². The van der Waals surface area contributed by atoms with Crippen molar-refractivity contribution in [2.45, 2.75) is 35.4 Å². The summed E-state index contributed by atoms with van der Waals surface area (Å²) in [5, 5.41) is 5.23. The van der Waals surface area contributed by atoms with Crippen LogP contribution >= 0.6 is 11.6 Å². The molecule has 9 nitrogen and oxygen atoms in total. The number of aromatic nitrogens is 2. The van der Waals surface area contributed by atoms with E-state index >= 15 is 0 Å². The number of urea groups is 1. The number of sulfone groups is 1. The second kappa shape index (κ2) is 11.1. The van der Waals surface area contributed by atoms with Crippen molar-refractivity contribution in [3.8, 4) is 11.4 Å². The predicted molar refractivity (Wildman–Crippen MR) is 148 cm³/mol. The van der Waals surface area contributed by atoms with Crippen LogP contribution in [0.2, 0.25) is 5.02 Å². The number of ether oxygens (including phenoxy) is 1. The lowest BCUT2D eigenvalue weighted by atomic mass is 10.1. The molecule has 206 valence electrons. The first kappa shape index (κ1) is 27.3. The number of hydrogen-bond acceptors (Lipinski definition) is 7. The van der Waals surface area contributed by atoms with Gasteiger partial charge in [0.1, 0.15) is 17.2 Å². The first-order valence-electron chi connectivity index (χ1n) is 12.7. The molecule has 39 heavy (non-hydrogen) atoms. The van der Waals surface area contributed by atoms with Gasteiger partial charge in [0.2, 0.25) is 0 Å². The minimum atomic E-state index is -3.85. The number of halogens is 2. The van der Waals surface area contributed by atoms with Crippen molar-refractivity contribution in [3.63, 3.8) is 0 Å². The van der Waals surface area contributed by atoms with E-state index in [1.54, 1.807) is 48.5 Å². The van der Waals surface area contributed by atoms with Gasteiger partial charge in [-0.2, -0.15) is 0 Å². The molecule has 2 amide bonds. The van der Waals surface area contributed by atoms with Crippen LogP contribution in [0, 0.1) is 0 Å². The monoisotopic (exact) mass is 573 g/mol. The van der Waals surface area contributed by atoms with E-state index in [-0.39, 0.29) is 22.5 Å². The molecule has 1 aromatic heterocycles. The Bertz CT molecular complexity index is 1470.